The maximum Gasteiger partial charge on any atom is 0.161 e. The smallest absolute Gasteiger partial charge is 0.161 e. The van der Waals surface area contributed by atoms with Crippen LogP contribution in [0.2, 0.25) is 0 Å². The molecule has 112 valence electrons. The number of aliphatic hydroxyl groups is 1. The Kier molecular flexibility index (Phi) is 6.50. The van der Waals surface area contributed by atoms with Crippen LogP contribution in [0, 0.1) is 0 Å². The van der Waals surface area contributed by atoms with Gasteiger partial charge in [-0.15, -0.1) is 0 Å². The minimum Gasteiger partial charge on any atom is -0.493 e. The number of hydrogen-bond donors (Lipinski definition) is 2. The van der Waals surface area contributed by atoms with Gasteiger partial charge in [-0.1, -0.05) is 12.1 Å². The Bertz CT molecular complexity index is 396. The van der Waals surface area contributed by atoms with Crippen LogP contribution >= 0.6 is 11.8 Å². The van der Waals surface area contributed by atoms with E-state index in [2.05, 4.69) is 5.32 Å². The quantitative estimate of drug-likeness (QED) is 0.768. The van der Waals surface area contributed by atoms with Crippen molar-refractivity contribution < 1.29 is 14.6 Å². The molecule has 1 heterocycles. The Balaban J connectivity index is 1.65. The fourth-order valence-corrected chi connectivity index (χ4v) is 3.43. The number of benzene rings is 1. The van der Waals surface area contributed by atoms with Crippen molar-refractivity contribution in [1.82, 2.24) is 5.32 Å². The van der Waals surface area contributed by atoms with E-state index in [4.69, 9.17) is 9.47 Å². The summed E-state index contributed by atoms with van der Waals surface area (Å²) in [5, 5.41) is 13.9. The molecule has 0 spiro atoms. The summed E-state index contributed by atoms with van der Waals surface area (Å²) >= 11 is 2.02. The van der Waals surface area contributed by atoms with Gasteiger partial charge in [0.1, 0.15) is 12.7 Å². The van der Waals surface area contributed by atoms with Gasteiger partial charge in [-0.05, 0) is 30.7 Å². The van der Waals surface area contributed by atoms with Crippen LogP contribution in [-0.4, -0.2) is 49.0 Å². The third kappa shape index (κ3) is 4.89. The molecule has 1 saturated heterocycles. The van der Waals surface area contributed by atoms with E-state index in [1.807, 2.05) is 36.0 Å². The molecule has 2 unspecified atom stereocenters. The molecule has 1 aliphatic heterocycles. The van der Waals surface area contributed by atoms with Crippen molar-refractivity contribution in [2.75, 3.05) is 32.6 Å². The number of aliphatic hydroxyl groups excluding tert-OH is 1. The number of rotatable bonds is 8. The molecule has 2 N–H and O–H groups in total. The summed E-state index contributed by atoms with van der Waals surface area (Å²) in [6.07, 6.45) is 2.09. The Morgan fingerprint density at radius 3 is 2.90 bits per heavy atom. The Morgan fingerprint density at radius 2 is 2.20 bits per heavy atom. The van der Waals surface area contributed by atoms with Crippen molar-refractivity contribution in [3.8, 4) is 11.5 Å². The number of nitrogens with one attached hydrogen (secondary N) is 1. The molecule has 0 aliphatic carbocycles. The highest BCUT2D eigenvalue weighted by Crippen LogP contribution is 2.26. The van der Waals surface area contributed by atoms with Crippen LogP contribution in [0.3, 0.4) is 0 Å². The molecule has 1 aromatic rings. The molecule has 0 radical (unpaired) electrons. The van der Waals surface area contributed by atoms with Crippen LogP contribution in [-0.2, 0) is 0 Å². The average molecular weight is 297 g/mol. The SMILES string of the molecule is COc1ccccc1OCC(O)CNCC1CCCS1. The zero-order chi connectivity index (χ0) is 14.2. The molecule has 20 heavy (non-hydrogen) atoms. The lowest BCUT2D eigenvalue weighted by Crippen LogP contribution is -2.34. The summed E-state index contributed by atoms with van der Waals surface area (Å²) in [6, 6.07) is 7.47. The van der Waals surface area contributed by atoms with Crippen LogP contribution in [0.15, 0.2) is 24.3 Å². The molecule has 0 amide bonds. The lowest BCUT2D eigenvalue weighted by molar-refractivity contribution is 0.105. The predicted octanol–water partition coefficient (Wildman–Crippen LogP) is 1.92. The maximum atomic E-state index is 9.91. The van der Waals surface area contributed by atoms with Gasteiger partial charge in [0.15, 0.2) is 11.5 Å². The summed E-state index contributed by atoms with van der Waals surface area (Å²) in [5.41, 5.74) is 0. The maximum absolute atomic E-state index is 9.91. The van der Waals surface area contributed by atoms with Gasteiger partial charge >= 0.3 is 0 Å². The highest BCUT2D eigenvalue weighted by Gasteiger charge is 2.15. The first-order chi connectivity index (χ1) is 9.79. The van der Waals surface area contributed by atoms with Gasteiger partial charge in [0, 0.05) is 18.3 Å². The van der Waals surface area contributed by atoms with Gasteiger partial charge in [0.05, 0.1) is 7.11 Å². The number of thioether (sulfide) groups is 1. The third-order valence-corrected chi connectivity index (χ3v) is 4.67. The van der Waals surface area contributed by atoms with Gasteiger partial charge in [0.25, 0.3) is 0 Å². The molecule has 4 nitrogen and oxygen atoms in total. The van der Waals surface area contributed by atoms with Crippen molar-refractivity contribution in [1.29, 1.82) is 0 Å². The molecule has 0 bridgehead atoms. The van der Waals surface area contributed by atoms with Crippen molar-refractivity contribution in [2.24, 2.45) is 0 Å². The molecule has 1 fully saturated rings. The highest BCUT2D eigenvalue weighted by atomic mass is 32.2. The topological polar surface area (TPSA) is 50.7 Å². The summed E-state index contributed by atoms with van der Waals surface area (Å²) in [5.74, 6) is 2.63. The van der Waals surface area contributed by atoms with Gasteiger partial charge in [-0.3, -0.25) is 0 Å². The standard InChI is InChI=1S/C15H23NO3S/c1-18-14-6-2-3-7-15(14)19-11-12(17)9-16-10-13-5-4-8-20-13/h2-3,6-7,12-13,16-17H,4-5,8-11H2,1H3. The zero-order valence-corrected chi connectivity index (χ0v) is 12.7. The van der Waals surface area contributed by atoms with Crippen LogP contribution in [0.25, 0.3) is 0 Å². The van der Waals surface area contributed by atoms with E-state index >= 15 is 0 Å². The van der Waals surface area contributed by atoms with Gasteiger partial charge in [-0.2, -0.15) is 11.8 Å². The number of hydrogen-bond acceptors (Lipinski definition) is 5. The van der Waals surface area contributed by atoms with Crippen molar-refractivity contribution in [3.05, 3.63) is 24.3 Å². The van der Waals surface area contributed by atoms with E-state index in [1.165, 1.54) is 18.6 Å². The average Bonchev–Trinajstić information content (AvgIpc) is 2.98. The minimum absolute atomic E-state index is 0.269. The molecule has 5 heteroatoms. The molecule has 2 atom stereocenters. The monoisotopic (exact) mass is 297 g/mol. The fourth-order valence-electron chi connectivity index (χ4n) is 2.20. The van der Waals surface area contributed by atoms with Gasteiger partial charge in [-0.25, -0.2) is 0 Å². The minimum atomic E-state index is -0.508. The first-order valence-corrected chi connectivity index (χ1v) is 8.10. The Morgan fingerprint density at radius 1 is 1.40 bits per heavy atom. The number of ether oxygens (including phenoxy) is 2. The lowest BCUT2D eigenvalue weighted by atomic mass is 10.2. The highest BCUT2D eigenvalue weighted by molar-refractivity contribution is 8.00. The second-order valence-corrected chi connectivity index (χ2v) is 6.32. The fraction of sp³-hybridized carbons (Fsp3) is 0.600. The van der Waals surface area contributed by atoms with E-state index in [0.29, 0.717) is 23.3 Å². The largest absolute Gasteiger partial charge is 0.493 e. The van der Waals surface area contributed by atoms with Crippen LogP contribution in [0.5, 0.6) is 11.5 Å². The summed E-state index contributed by atoms with van der Waals surface area (Å²) in [7, 11) is 1.61. The lowest BCUT2D eigenvalue weighted by Gasteiger charge is -2.16. The van der Waals surface area contributed by atoms with Crippen molar-refractivity contribution >= 4 is 11.8 Å². The van der Waals surface area contributed by atoms with Crippen LogP contribution in [0.4, 0.5) is 0 Å². The van der Waals surface area contributed by atoms with E-state index < -0.39 is 6.10 Å². The molecule has 0 aromatic heterocycles. The molecule has 1 aliphatic rings. The molecule has 0 saturated carbocycles. The summed E-state index contributed by atoms with van der Waals surface area (Å²) in [4.78, 5) is 0. The zero-order valence-electron chi connectivity index (χ0n) is 11.9. The second-order valence-electron chi connectivity index (χ2n) is 4.91. The normalized spacial score (nSPS) is 19.8. The molecular weight excluding hydrogens is 274 g/mol. The van der Waals surface area contributed by atoms with E-state index in [0.717, 1.165) is 6.54 Å². The van der Waals surface area contributed by atoms with E-state index in [9.17, 15) is 5.11 Å². The number of para-hydroxylation sites is 2. The molecule has 2 rings (SSSR count). The van der Waals surface area contributed by atoms with Gasteiger partial charge < -0.3 is 19.9 Å². The summed E-state index contributed by atoms with van der Waals surface area (Å²) in [6.45, 7) is 1.80. The molecular formula is C15H23NO3S. The van der Waals surface area contributed by atoms with Crippen molar-refractivity contribution in [3.63, 3.8) is 0 Å². The third-order valence-electron chi connectivity index (χ3n) is 3.28. The van der Waals surface area contributed by atoms with Gasteiger partial charge in [0.2, 0.25) is 0 Å². The van der Waals surface area contributed by atoms with E-state index in [-0.39, 0.29) is 6.61 Å². The summed E-state index contributed by atoms with van der Waals surface area (Å²) < 4.78 is 10.8. The van der Waals surface area contributed by atoms with E-state index in [1.54, 1.807) is 7.11 Å². The Labute approximate surface area is 124 Å². The molecule has 1 aromatic carbocycles. The second kappa shape index (κ2) is 8.39. The first-order valence-electron chi connectivity index (χ1n) is 7.06. The van der Waals surface area contributed by atoms with Crippen molar-refractivity contribution in [2.45, 2.75) is 24.2 Å². The van der Waals surface area contributed by atoms with Crippen LogP contribution < -0.4 is 14.8 Å². The first kappa shape index (κ1) is 15.5. The van der Waals surface area contributed by atoms with Crippen LogP contribution in [0.1, 0.15) is 12.8 Å². The number of methoxy groups -OCH3 is 1. The Hall–Kier alpha value is -0.910. The predicted molar refractivity (Wildman–Crippen MR) is 82.8 cm³/mol.